The van der Waals surface area contributed by atoms with Gasteiger partial charge in [-0.05, 0) is 30.7 Å². The number of rotatable bonds is 3. The first-order chi connectivity index (χ1) is 9.02. The predicted molar refractivity (Wildman–Crippen MR) is 70.6 cm³/mol. The van der Waals surface area contributed by atoms with Gasteiger partial charge in [0.15, 0.2) is 0 Å². The van der Waals surface area contributed by atoms with E-state index < -0.39 is 17.1 Å². The van der Waals surface area contributed by atoms with Gasteiger partial charge in [0.05, 0.1) is 6.54 Å². The Kier molecular flexibility index (Phi) is 3.50. The number of hydrogen-bond acceptors (Lipinski definition) is 3. The third-order valence-corrected chi connectivity index (χ3v) is 2.91. The zero-order valence-corrected chi connectivity index (χ0v) is 10.5. The van der Waals surface area contributed by atoms with Crippen molar-refractivity contribution in [3.63, 3.8) is 0 Å². The van der Waals surface area contributed by atoms with E-state index in [2.05, 4.69) is 0 Å². The number of nitrogens with two attached hydrogens (primary N) is 1. The first-order valence-electron chi connectivity index (χ1n) is 5.87. The molecule has 0 aliphatic carbocycles. The zero-order chi connectivity index (χ0) is 14.0. The molecule has 2 rings (SSSR count). The van der Waals surface area contributed by atoms with E-state index in [9.17, 15) is 14.0 Å². The zero-order valence-electron chi connectivity index (χ0n) is 10.5. The Morgan fingerprint density at radius 3 is 2.68 bits per heavy atom. The maximum Gasteiger partial charge on any atom is 0.331 e. The summed E-state index contributed by atoms with van der Waals surface area (Å²) in [4.78, 5) is 23.7. The minimum atomic E-state index is -0.455. The van der Waals surface area contributed by atoms with E-state index in [0.29, 0.717) is 17.8 Å². The lowest BCUT2D eigenvalue weighted by Gasteiger charge is -2.10. The van der Waals surface area contributed by atoms with Crippen LogP contribution in [0.1, 0.15) is 12.5 Å². The lowest BCUT2D eigenvalue weighted by molar-refractivity contribution is 0.593. The maximum absolute atomic E-state index is 13.2. The van der Waals surface area contributed by atoms with E-state index in [1.165, 1.54) is 35.0 Å². The van der Waals surface area contributed by atoms with Gasteiger partial charge in [0.25, 0.3) is 5.56 Å². The summed E-state index contributed by atoms with van der Waals surface area (Å²) in [5, 5.41) is 0. The van der Waals surface area contributed by atoms with Crippen LogP contribution < -0.4 is 17.0 Å². The molecule has 0 amide bonds. The number of anilines is 1. The van der Waals surface area contributed by atoms with Gasteiger partial charge >= 0.3 is 5.69 Å². The maximum atomic E-state index is 13.2. The van der Waals surface area contributed by atoms with Crippen LogP contribution in [0.4, 0.5) is 10.1 Å². The molecule has 1 aromatic carbocycles. The van der Waals surface area contributed by atoms with Gasteiger partial charge in [0.2, 0.25) is 0 Å². The summed E-state index contributed by atoms with van der Waals surface area (Å²) in [6.07, 6.45) is 1.44. The normalized spacial score (nSPS) is 10.6. The SMILES string of the molecule is CCn1ccc(=O)n(Cc2cc(F)ccc2N)c1=O. The van der Waals surface area contributed by atoms with E-state index in [1.807, 2.05) is 0 Å². The molecule has 0 atom stereocenters. The fraction of sp³-hybridized carbons (Fsp3) is 0.231. The summed E-state index contributed by atoms with van der Waals surface area (Å²) in [6.45, 7) is 2.21. The Bertz CT molecular complexity index is 719. The molecule has 2 N–H and O–H groups in total. The van der Waals surface area contributed by atoms with Crippen molar-refractivity contribution in [2.75, 3.05) is 5.73 Å². The number of nitrogens with zero attached hydrogens (tertiary/aromatic N) is 2. The number of nitrogen functional groups attached to an aromatic ring is 1. The quantitative estimate of drug-likeness (QED) is 0.833. The number of aryl methyl sites for hydroxylation is 1. The largest absolute Gasteiger partial charge is 0.398 e. The molecule has 0 radical (unpaired) electrons. The highest BCUT2D eigenvalue weighted by molar-refractivity contribution is 5.46. The Balaban J connectivity index is 2.52. The van der Waals surface area contributed by atoms with Crippen molar-refractivity contribution in [1.82, 2.24) is 9.13 Å². The molecule has 6 heteroatoms. The first kappa shape index (κ1) is 13.1. The van der Waals surface area contributed by atoms with Crippen LogP contribution in [-0.2, 0) is 13.1 Å². The average molecular weight is 263 g/mol. The second-order valence-corrected chi connectivity index (χ2v) is 4.15. The third-order valence-electron chi connectivity index (χ3n) is 2.91. The van der Waals surface area contributed by atoms with Crippen LogP contribution in [0.25, 0.3) is 0 Å². The minimum Gasteiger partial charge on any atom is -0.398 e. The lowest BCUT2D eigenvalue weighted by atomic mass is 10.2. The van der Waals surface area contributed by atoms with Gasteiger partial charge in [0.1, 0.15) is 5.82 Å². The van der Waals surface area contributed by atoms with E-state index in [1.54, 1.807) is 6.92 Å². The van der Waals surface area contributed by atoms with Gasteiger partial charge in [-0.2, -0.15) is 0 Å². The second kappa shape index (κ2) is 5.09. The van der Waals surface area contributed by atoms with Crippen LogP contribution >= 0.6 is 0 Å². The van der Waals surface area contributed by atoms with Crippen molar-refractivity contribution < 1.29 is 4.39 Å². The van der Waals surface area contributed by atoms with Crippen molar-refractivity contribution in [3.8, 4) is 0 Å². The molecule has 1 heterocycles. The second-order valence-electron chi connectivity index (χ2n) is 4.15. The van der Waals surface area contributed by atoms with Gasteiger partial charge in [-0.1, -0.05) is 0 Å². The molecule has 0 aliphatic heterocycles. The molecule has 1 aromatic heterocycles. The molecular weight excluding hydrogens is 249 g/mol. The molecule has 0 saturated heterocycles. The average Bonchev–Trinajstić information content (AvgIpc) is 2.38. The molecule has 0 unspecified atom stereocenters. The van der Waals surface area contributed by atoms with Crippen molar-refractivity contribution in [2.24, 2.45) is 0 Å². The number of halogens is 1. The summed E-state index contributed by atoms with van der Waals surface area (Å²) < 4.78 is 15.6. The molecule has 100 valence electrons. The van der Waals surface area contributed by atoms with Crippen molar-refractivity contribution in [1.29, 1.82) is 0 Å². The topological polar surface area (TPSA) is 70.0 Å². The van der Waals surface area contributed by atoms with Crippen LogP contribution in [-0.4, -0.2) is 9.13 Å². The number of benzene rings is 1. The molecule has 0 spiro atoms. The van der Waals surface area contributed by atoms with E-state index >= 15 is 0 Å². The summed E-state index contributed by atoms with van der Waals surface area (Å²) in [5.74, 6) is -0.455. The Hall–Kier alpha value is -2.37. The predicted octanol–water partition coefficient (Wildman–Crippen LogP) is 0.800. The van der Waals surface area contributed by atoms with E-state index in [-0.39, 0.29) is 6.54 Å². The number of aromatic nitrogens is 2. The smallest absolute Gasteiger partial charge is 0.331 e. The summed E-state index contributed by atoms with van der Waals surface area (Å²) >= 11 is 0. The van der Waals surface area contributed by atoms with Gasteiger partial charge in [-0.25, -0.2) is 9.18 Å². The highest BCUT2D eigenvalue weighted by Gasteiger charge is 2.08. The fourth-order valence-corrected chi connectivity index (χ4v) is 1.82. The van der Waals surface area contributed by atoms with Crippen LogP contribution in [0.5, 0.6) is 0 Å². The third kappa shape index (κ3) is 2.57. The molecule has 5 nitrogen and oxygen atoms in total. The standard InChI is InChI=1S/C13H14FN3O2/c1-2-16-6-5-12(18)17(13(16)19)8-9-7-10(14)3-4-11(9)15/h3-7H,2,8,15H2,1H3. The van der Waals surface area contributed by atoms with Crippen LogP contribution in [0, 0.1) is 5.82 Å². The van der Waals surface area contributed by atoms with Gasteiger partial charge in [-0.15, -0.1) is 0 Å². The van der Waals surface area contributed by atoms with E-state index in [4.69, 9.17) is 5.73 Å². The molecule has 0 aliphatic rings. The monoisotopic (exact) mass is 263 g/mol. The van der Waals surface area contributed by atoms with Gasteiger partial charge in [0, 0.05) is 24.5 Å². The Labute approximate surface area is 108 Å². The van der Waals surface area contributed by atoms with Gasteiger partial charge < -0.3 is 10.3 Å². The van der Waals surface area contributed by atoms with E-state index in [0.717, 1.165) is 4.57 Å². The van der Waals surface area contributed by atoms with Crippen LogP contribution in [0.3, 0.4) is 0 Å². The molecular formula is C13H14FN3O2. The van der Waals surface area contributed by atoms with Crippen molar-refractivity contribution in [3.05, 3.63) is 62.7 Å². The lowest BCUT2D eigenvalue weighted by Crippen LogP contribution is -2.39. The molecule has 2 aromatic rings. The summed E-state index contributed by atoms with van der Waals surface area (Å²) in [7, 11) is 0. The van der Waals surface area contributed by atoms with Gasteiger partial charge in [-0.3, -0.25) is 9.36 Å². The van der Waals surface area contributed by atoms with Crippen LogP contribution in [0.2, 0.25) is 0 Å². The molecule has 0 bridgehead atoms. The first-order valence-corrected chi connectivity index (χ1v) is 5.87. The molecule has 19 heavy (non-hydrogen) atoms. The van der Waals surface area contributed by atoms with Crippen molar-refractivity contribution >= 4 is 5.69 Å². The van der Waals surface area contributed by atoms with Crippen LogP contribution in [0.15, 0.2) is 40.1 Å². The summed E-state index contributed by atoms with van der Waals surface area (Å²) in [6, 6.07) is 5.18. The highest BCUT2D eigenvalue weighted by atomic mass is 19.1. The fourth-order valence-electron chi connectivity index (χ4n) is 1.82. The highest BCUT2D eigenvalue weighted by Crippen LogP contribution is 2.13. The Morgan fingerprint density at radius 2 is 2.00 bits per heavy atom. The summed E-state index contributed by atoms with van der Waals surface area (Å²) in [5.41, 5.74) is 5.61. The minimum absolute atomic E-state index is 0.0396. The molecule has 0 saturated carbocycles. The van der Waals surface area contributed by atoms with Crippen molar-refractivity contribution in [2.45, 2.75) is 20.0 Å². The molecule has 0 fully saturated rings. The Morgan fingerprint density at radius 1 is 1.26 bits per heavy atom. The number of hydrogen-bond donors (Lipinski definition) is 1.